The van der Waals surface area contributed by atoms with Crippen LogP contribution in [-0.2, 0) is 11.2 Å². The second-order valence-corrected chi connectivity index (χ2v) is 7.20. The maximum absolute atomic E-state index is 12.2. The predicted molar refractivity (Wildman–Crippen MR) is 78.0 cm³/mol. The molecule has 1 unspecified atom stereocenters. The summed E-state index contributed by atoms with van der Waals surface area (Å²) in [5.74, 6) is -0.977. The number of urea groups is 1. The number of nitrogens with one attached hydrogen (secondary N) is 1. The smallest absolute Gasteiger partial charge is 0.331 e. The number of carboxylic acids is 1. The van der Waals surface area contributed by atoms with Gasteiger partial charge in [-0.15, -0.1) is 11.3 Å². The molecule has 0 spiro atoms. The Labute approximate surface area is 122 Å². The van der Waals surface area contributed by atoms with Crippen molar-refractivity contribution < 1.29 is 14.7 Å². The highest BCUT2D eigenvalue weighted by molar-refractivity contribution is 7.10. The van der Waals surface area contributed by atoms with Gasteiger partial charge in [0.1, 0.15) is 0 Å². The van der Waals surface area contributed by atoms with Crippen molar-refractivity contribution in [2.24, 2.45) is 5.41 Å². The quantitative estimate of drug-likeness (QED) is 0.881. The van der Waals surface area contributed by atoms with Crippen molar-refractivity contribution in [3.8, 4) is 0 Å². The Bertz CT molecular complexity index is 519. The van der Waals surface area contributed by atoms with Crippen LogP contribution >= 0.6 is 11.3 Å². The SMILES string of the molecule is CC(C)(C)CNC(=O)N1CCc2sccc2C1C(=O)O. The summed E-state index contributed by atoms with van der Waals surface area (Å²) < 4.78 is 0. The zero-order valence-corrected chi connectivity index (χ0v) is 12.8. The number of hydrogen-bond acceptors (Lipinski definition) is 3. The predicted octanol–water partition coefficient (Wildman–Crippen LogP) is 2.49. The van der Waals surface area contributed by atoms with Crippen molar-refractivity contribution in [1.82, 2.24) is 10.2 Å². The summed E-state index contributed by atoms with van der Waals surface area (Å²) in [6, 6.07) is 0.635. The molecule has 1 aliphatic rings. The van der Waals surface area contributed by atoms with Gasteiger partial charge in [0.05, 0.1) is 0 Å². The van der Waals surface area contributed by atoms with Gasteiger partial charge in [0, 0.05) is 18.0 Å². The molecule has 0 saturated heterocycles. The molecule has 6 heteroatoms. The second-order valence-electron chi connectivity index (χ2n) is 6.20. The van der Waals surface area contributed by atoms with Gasteiger partial charge in [-0.3, -0.25) is 0 Å². The molecule has 1 atom stereocenters. The van der Waals surface area contributed by atoms with E-state index in [1.54, 1.807) is 11.3 Å². The standard InChI is InChI=1S/C14H20N2O3S/c1-14(2,3)8-15-13(19)16-6-4-10-9(5-7-20-10)11(16)12(17)18/h5,7,11H,4,6,8H2,1-3H3,(H,15,19)(H,17,18). The van der Waals surface area contributed by atoms with Gasteiger partial charge in [-0.25, -0.2) is 9.59 Å². The summed E-state index contributed by atoms with van der Waals surface area (Å²) in [4.78, 5) is 26.2. The summed E-state index contributed by atoms with van der Waals surface area (Å²) >= 11 is 1.56. The number of rotatable bonds is 2. The van der Waals surface area contributed by atoms with E-state index in [0.717, 1.165) is 16.9 Å². The largest absolute Gasteiger partial charge is 0.479 e. The first-order chi connectivity index (χ1) is 9.29. The van der Waals surface area contributed by atoms with Crippen LogP contribution in [-0.4, -0.2) is 35.1 Å². The van der Waals surface area contributed by atoms with Crippen molar-refractivity contribution in [1.29, 1.82) is 0 Å². The fraction of sp³-hybridized carbons (Fsp3) is 0.571. The Balaban J connectivity index is 2.15. The van der Waals surface area contributed by atoms with Crippen LogP contribution in [0.2, 0.25) is 0 Å². The number of carbonyl (C=O) groups excluding carboxylic acids is 1. The van der Waals surface area contributed by atoms with Crippen LogP contribution < -0.4 is 5.32 Å². The van der Waals surface area contributed by atoms with E-state index in [1.165, 1.54) is 4.90 Å². The van der Waals surface area contributed by atoms with Crippen LogP contribution in [0.15, 0.2) is 11.4 Å². The molecule has 0 bridgehead atoms. The molecule has 0 radical (unpaired) electrons. The molecule has 5 nitrogen and oxygen atoms in total. The highest BCUT2D eigenvalue weighted by atomic mass is 32.1. The number of carbonyl (C=O) groups is 2. The summed E-state index contributed by atoms with van der Waals surface area (Å²) in [5.41, 5.74) is 0.720. The lowest BCUT2D eigenvalue weighted by atomic mass is 9.97. The zero-order valence-electron chi connectivity index (χ0n) is 12.0. The fourth-order valence-electron chi connectivity index (χ4n) is 2.24. The summed E-state index contributed by atoms with van der Waals surface area (Å²) in [5, 5.41) is 14.1. The van der Waals surface area contributed by atoms with Gasteiger partial charge >= 0.3 is 12.0 Å². The van der Waals surface area contributed by atoms with Crippen LogP contribution in [0.25, 0.3) is 0 Å². The van der Waals surface area contributed by atoms with Gasteiger partial charge < -0.3 is 15.3 Å². The maximum Gasteiger partial charge on any atom is 0.331 e. The minimum absolute atomic E-state index is 0.0301. The molecule has 1 aromatic rings. The molecular formula is C14H20N2O3S. The number of amides is 2. The molecule has 20 heavy (non-hydrogen) atoms. The molecule has 2 heterocycles. The average molecular weight is 296 g/mol. The topological polar surface area (TPSA) is 69.6 Å². The molecule has 2 N–H and O–H groups in total. The molecule has 0 fully saturated rings. The lowest BCUT2D eigenvalue weighted by Crippen LogP contribution is -2.49. The molecule has 1 aliphatic heterocycles. The van der Waals surface area contributed by atoms with E-state index in [2.05, 4.69) is 5.32 Å². The molecule has 1 aromatic heterocycles. The highest BCUT2D eigenvalue weighted by Gasteiger charge is 2.36. The number of aliphatic carboxylic acids is 1. The van der Waals surface area contributed by atoms with E-state index < -0.39 is 12.0 Å². The van der Waals surface area contributed by atoms with E-state index in [1.807, 2.05) is 32.2 Å². The number of thiophene rings is 1. The molecule has 0 saturated carbocycles. The van der Waals surface area contributed by atoms with Crippen molar-refractivity contribution in [3.63, 3.8) is 0 Å². The monoisotopic (exact) mass is 296 g/mol. The fourth-order valence-corrected chi connectivity index (χ4v) is 3.15. The van der Waals surface area contributed by atoms with Crippen LogP contribution in [0.5, 0.6) is 0 Å². The first kappa shape index (κ1) is 14.8. The van der Waals surface area contributed by atoms with Gasteiger partial charge in [0.15, 0.2) is 6.04 Å². The van der Waals surface area contributed by atoms with E-state index in [9.17, 15) is 14.7 Å². The zero-order chi connectivity index (χ0) is 14.9. The summed E-state index contributed by atoms with van der Waals surface area (Å²) in [6.45, 7) is 7.03. The summed E-state index contributed by atoms with van der Waals surface area (Å²) in [7, 11) is 0. The third kappa shape index (κ3) is 3.12. The molecular weight excluding hydrogens is 276 g/mol. The minimum Gasteiger partial charge on any atom is -0.479 e. The van der Waals surface area contributed by atoms with Crippen molar-refractivity contribution >= 4 is 23.3 Å². The van der Waals surface area contributed by atoms with E-state index >= 15 is 0 Å². The van der Waals surface area contributed by atoms with Crippen LogP contribution in [0.4, 0.5) is 4.79 Å². The molecule has 0 aliphatic carbocycles. The average Bonchev–Trinajstić information content (AvgIpc) is 2.81. The van der Waals surface area contributed by atoms with Crippen LogP contribution in [0, 0.1) is 5.41 Å². The number of fused-ring (bicyclic) bond motifs is 1. The Morgan fingerprint density at radius 1 is 1.50 bits per heavy atom. The van der Waals surface area contributed by atoms with Gasteiger partial charge in [0.2, 0.25) is 0 Å². The third-order valence-corrected chi connectivity index (χ3v) is 4.23. The van der Waals surface area contributed by atoms with Gasteiger partial charge in [-0.1, -0.05) is 20.8 Å². The molecule has 110 valence electrons. The second kappa shape index (κ2) is 5.44. The van der Waals surface area contributed by atoms with Crippen LogP contribution in [0.1, 0.15) is 37.3 Å². The Morgan fingerprint density at radius 3 is 2.80 bits per heavy atom. The normalized spacial score (nSPS) is 18.6. The highest BCUT2D eigenvalue weighted by Crippen LogP contribution is 2.33. The van der Waals surface area contributed by atoms with Gasteiger partial charge in [0.25, 0.3) is 0 Å². The van der Waals surface area contributed by atoms with E-state index in [0.29, 0.717) is 13.1 Å². The van der Waals surface area contributed by atoms with Crippen molar-refractivity contribution in [3.05, 3.63) is 21.9 Å². The van der Waals surface area contributed by atoms with Crippen LogP contribution in [0.3, 0.4) is 0 Å². The Kier molecular flexibility index (Phi) is 4.04. The number of hydrogen-bond donors (Lipinski definition) is 2. The van der Waals surface area contributed by atoms with E-state index in [-0.39, 0.29) is 11.4 Å². The molecule has 2 amide bonds. The third-order valence-electron chi connectivity index (χ3n) is 3.23. The van der Waals surface area contributed by atoms with Crippen molar-refractivity contribution in [2.45, 2.75) is 33.2 Å². The summed E-state index contributed by atoms with van der Waals surface area (Å²) in [6.07, 6.45) is 0.722. The van der Waals surface area contributed by atoms with Crippen molar-refractivity contribution in [2.75, 3.05) is 13.1 Å². The molecule has 2 rings (SSSR count). The van der Waals surface area contributed by atoms with Gasteiger partial charge in [-0.05, 0) is 28.8 Å². The lowest BCUT2D eigenvalue weighted by Gasteiger charge is -2.34. The Morgan fingerprint density at radius 2 is 2.20 bits per heavy atom. The lowest BCUT2D eigenvalue weighted by molar-refractivity contribution is -0.142. The number of nitrogens with zero attached hydrogens (tertiary/aromatic N) is 1. The van der Waals surface area contributed by atoms with E-state index in [4.69, 9.17) is 0 Å². The number of carboxylic acid groups (broad SMARTS) is 1. The molecule has 0 aromatic carbocycles. The first-order valence-electron chi connectivity index (χ1n) is 6.63. The Hall–Kier alpha value is -1.56. The maximum atomic E-state index is 12.2. The first-order valence-corrected chi connectivity index (χ1v) is 7.51. The van der Waals surface area contributed by atoms with Gasteiger partial charge in [-0.2, -0.15) is 0 Å². The minimum atomic E-state index is -0.977.